The number of nitrogens with one attached hydrogen (secondary N) is 2. The van der Waals surface area contributed by atoms with Crippen molar-refractivity contribution >= 4 is 34.0 Å². The van der Waals surface area contributed by atoms with Gasteiger partial charge in [0.15, 0.2) is 0 Å². The van der Waals surface area contributed by atoms with Crippen LogP contribution in [-0.2, 0) is 24.3 Å². The van der Waals surface area contributed by atoms with Crippen molar-refractivity contribution in [2.24, 2.45) is 11.3 Å². The molecule has 2 aromatic rings. The summed E-state index contributed by atoms with van der Waals surface area (Å²) in [5.74, 6) is 4.11. The minimum absolute atomic E-state index is 0.0545. The molecule has 1 aliphatic rings. The quantitative estimate of drug-likeness (QED) is 0.577. The molecule has 1 aromatic heterocycles. The van der Waals surface area contributed by atoms with E-state index >= 15 is 0 Å². The fourth-order valence-electron chi connectivity index (χ4n) is 3.35. The Morgan fingerprint density at radius 3 is 2.74 bits per heavy atom. The molecule has 2 amide bonds. The molecule has 144 valence electrons. The highest BCUT2D eigenvalue weighted by atomic mass is 32.1. The summed E-state index contributed by atoms with van der Waals surface area (Å²) < 4.78 is 0. The van der Waals surface area contributed by atoms with E-state index in [1.54, 1.807) is 18.2 Å². The number of aryl methyl sites for hydroxylation is 1. The third kappa shape index (κ3) is 4.29. The standard InChI is InChI=1S/C19H23N3O4S/c1-19(2)8-7-14-12(9-19)15(17(23)24)16(27-14)22-18(25)21-13-6-4-3-5-11(13)10-26-20/h3-6H,7-10,20H2,1-2H3,(H,23,24)(H2,21,22,25). The number of carbonyl (C=O) groups excluding carboxylic acids is 1. The molecule has 0 unspecified atom stereocenters. The van der Waals surface area contributed by atoms with E-state index in [0.717, 1.165) is 28.8 Å². The zero-order chi connectivity index (χ0) is 19.6. The third-order valence-electron chi connectivity index (χ3n) is 4.72. The molecule has 3 rings (SSSR count). The van der Waals surface area contributed by atoms with Gasteiger partial charge in [-0.3, -0.25) is 10.2 Å². The van der Waals surface area contributed by atoms with Crippen LogP contribution in [0, 0.1) is 5.41 Å². The summed E-state index contributed by atoms with van der Waals surface area (Å²) in [7, 11) is 0. The van der Waals surface area contributed by atoms with E-state index < -0.39 is 12.0 Å². The number of thiophene rings is 1. The average molecular weight is 389 g/mol. The van der Waals surface area contributed by atoms with E-state index in [4.69, 9.17) is 5.90 Å². The number of nitrogens with two attached hydrogens (primary N) is 1. The Kier molecular flexibility index (Phi) is 5.50. The van der Waals surface area contributed by atoms with Crippen LogP contribution in [0.15, 0.2) is 24.3 Å². The smallest absolute Gasteiger partial charge is 0.339 e. The first kappa shape index (κ1) is 19.3. The zero-order valence-electron chi connectivity index (χ0n) is 15.3. The van der Waals surface area contributed by atoms with Crippen LogP contribution in [0.4, 0.5) is 15.5 Å². The average Bonchev–Trinajstić information content (AvgIpc) is 2.92. The number of carboxylic acids is 1. The lowest BCUT2D eigenvalue weighted by Gasteiger charge is -2.29. The normalized spacial score (nSPS) is 15.1. The van der Waals surface area contributed by atoms with E-state index in [9.17, 15) is 14.7 Å². The van der Waals surface area contributed by atoms with Gasteiger partial charge in [-0.25, -0.2) is 15.5 Å². The molecule has 5 N–H and O–H groups in total. The molecule has 0 spiro atoms. The molecule has 0 radical (unpaired) electrons. The van der Waals surface area contributed by atoms with Gasteiger partial charge in [0.05, 0.1) is 12.2 Å². The van der Waals surface area contributed by atoms with E-state index in [1.807, 2.05) is 6.07 Å². The highest BCUT2D eigenvalue weighted by Gasteiger charge is 2.33. The Labute approximate surface area is 161 Å². The second-order valence-electron chi connectivity index (χ2n) is 7.40. The van der Waals surface area contributed by atoms with Gasteiger partial charge in [-0.1, -0.05) is 32.0 Å². The highest BCUT2D eigenvalue weighted by molar-refractivity contribution is 7.17. The first-order chi connectivity index (χ1) is 12.8. The minimum atomic E-state index is -1.02. The number of benzene rings is 1. The molecule has 8 heteroatoms. The summed E-state index contributed by atoms with van der Waals surface area (Å²) in [6.45, 7) is 4.42. The molecule has 0 atom stereocenters. The van der Waals surface area contributed by atoms with Crippen LogP contribution in [0.2, 0.25) is 0 Å². The number of anilines is 2. The second kappa shape index (κ2) is 7.67. The van der Waals surface area contributed by atoms with Gasteiger partial charge in [0.2, 0.25) is 0 Å². The Morgan fingerprint density at radius 1 is 1.30 bits per heavy atom. The monoisotopic (exact) mass is 389 g/mol. The van der Waals surface area contributed by atoms with Crippen molar-refractivity contribution in [3.63, 3.8) is 0 Å². The molecule has 0 fully saturated rings. The molecule has 7 nitrogen and oxygen atoms in total. The van der Waals surface area contributed by atoms with Gasteiger partial charge in [0.25, 0.3) is 0 Å². The predicted octanol–water partition coefficient (Wildman–Crippen LogP) is 4.00. The second-order valence-corrected chi connectivity index (χ2v) is 8.51. The van der Waals surface area contributed by atoms with E-state index in [-0.39, 0.29) is 17.6 Å². The number of carbonyl (C=O) groups is 2. The fourth-order valence-corrected chi connectivity index (χ4v) is 4.55. The summed E-state index contributed by atoms with van der Waals surface area (Å²) in [5, 5.41) is 15.5. The largest absolute Gasteiger partial charge is 0.478 e. The topological polar surface area (TPSA) is 114 Å². The minimum Gasteiger partial charge on any atom is -0.478 e. The maximum atomic E-state index is 12.5. The van der Waals surface area contributed by atoms with Gasteiger partial charge in [-0.2, -0.15) is 0 Å². The van der Waals surface area contributed by atoms with Gasteiger partial charge in [0.1, 0.15) is 5.00 Å². The van der Waals surface area contributed by atoms with Crippen LogP contribution < -0.4 is 16.5 Å². The highest BCUT2D eigenvalue weighted by Crippen LogP contribution is 2.43. The Morgan fingerprint density at radius 2 is 2.04 bits per heavy atom. The van der Waals surface area contributed by atoms with Crippen LogP contribution in [0.1, 0.15) is 46.6 Å². The number of fused-ring (bicyclic) bond motifs is 1. The number of carboxylic acid groups (broad SMARTS) is 1. The predicted molar refractivity (Wildman–Crippen MR) is 105 cm³/mol. The zero-order valence-corrected chi connectivity index (χ0v) is 16.1. The number of para-hydroxylation sites is 1. The Bertz CT molecular complexity index is 876. The maximum absolute atomic E-state index is 12.5. The number of amides is 2. The van der Waals surface area contributed by atoms with Crippen molar-refractivity contribution in [1.82, 2.24) is 0 Å². The van der Waals surface area contributed by atoms with Gasteiger partial charge >= 0.3 is 12.0 Å². The van der Waals surface area contributed by atoms with Gasteiger partial charge < -0.3 is 10.4 Å². The number of hydrogen-bond acceptors (Lipinski definition) is 5. The number of urea groups is 1. The molecular formula is C19H23N3O4S. The summed E-state index contributed by atoms with van der Waals surface area (Å²) in [5.41, 5.74) is 2.38. The summed E-state index contributed by atoms with van der Waals surface area (Å²) >= 11 is 1.35. The van der Waals surface area contributed by atoms with Crippen molar-refractivity contribution in [2.45, 2.75) is 39.7 Å². The van der Waals surface area contributed by atoms with Crippen molar-refractivity contribution in [1.29, 1.82) is 0 Å². The lowest BCUT2D eigenvalue weighted by atomic mass is 9.76. The first-order valence-electron chi connectivity index (χ1n) is 8.66. The summed E-state index contributed by atoms with van der Waals surface area (Å²) in [6, 6.07) is 6.62. The Balaban J connectivity index is 1.83. The summed E-state index contributed by atoms with van der Waals surface area (Å²) in [6.07, 6.45) is 2.52. The van der Waals surface area contributed by atoms with E-state index in [1.165, 1.54) is 11.3 Å². The number of aromatic carboxylic acids is 1. The van der Waals surface area contributed by atoms with Crippen LogP contribution >= 0.6 is 11.3 Å². The van der Waals surface area contributed by atoms with Crippen LogP contribution in [0.25, 0.3) is 0 Å². The van der Waals surface area contributed by atoms with Crippen LogP contribution in [0.5, 0.6) is 0 Å². The van der Waals surface area contributed by atoms with E-state index in [2.05, 4.69) is 29.3 Å². The van der Waals surface area contributed by atoms with Crippen molar-refractivity contribution in [3.05, 3.63) is 45.8 Å². The fraction of sp³-hybridized carbons (Fsp3) is 0.368. The first-order valence-corrected chi connectivity index (χ1v) is 9.48. The number of hydrogen-bond donors (Lipinski definition) is 4. The van der Waals surface area contributed by atoms with Crippen molar-refractivity contribution in [3.8, 4) is 0 Å². The third-order valence-corrected chi connectivity index (χ3v) is 5.93. The van der Waals surface area contributed by atoms with Crippen molar-refractivity contribution < 1.29 is 19.5 Å². The molecular weight excluding hydrogens is 366 g/mol. The lowest BCUT2D eigenvalue weighted by Crippen LogP contribution is -2.23. The molecule has 0 aliphatic heterocycles. The molecule has 0 saturated heterocycles. The van der Waals surface area contributed by atoms with Crippen LogP contribution in [-0.4, -0.2) is 17.1 Å². The van der Waals surface area contributed by atoms with Gasteiger partial charge in [-0.15, -0.1) is 11.3 Å². The molecule has 27 heavy (non-hydrogen) atoms. The maximum Gasteiger partial charge on any atom is 0.339 e. The summed E-state index contributed by atoms with van der Waals surface area (Å²) in [4.78, 5) is 30.0. The van der Waals surface area contributed by atoms with Crippen LogP contribution in [0.3, 0.4) is 0 Å². The van der Waals surface area contributed by atoms with Crippen molar-refractivity contribution in [2.75, 3.05) is 10.6 Å². The SMILES string of the molecule is CC1(C)CCc2sc(NC(=O)Nc3ccccc3CON)c(C(=O)O)c2C1. The molecule has 0 bridgehead atoms. The van der Waals surface area contributed by atoms with E-state index in [0.29, 0.717) is 17.1 Å². The van der Waals surface area contributed by atoms with Gasteiger partial charge in [0, 0.05) is 16.1 Å². The molecule has 1 heterocycles. The Hall–Kier alpha value is -2.42. The van der Waals surface area contributed by atoms with Gasteiger partial charge in [-0.05, 0) is 36.3 Å². The molecule has 1 aromatic carbocycles. The lowest BCUT2D eigenvalue weighted by molar-refractivity contribution is 0.0696. The molecule has 0 saturated carbocycles. The molecule has 1 aliphatic carbocycles. The number of rotatable bonds is 5.